The van der Waals surface area contributed by atoms with Gasteiger partial charge in [0.15, 0.2) is 0 Å². The highest BCUT2D eigenvalue weighted by atomic mass is 32.2. The van der Waals surface area contributed by atoms with Crippen LogP contribution in [0.4, 0.5) is 23.7 Å². The van der Waals surface area contributed by atoms with Crippen LogP contribution in [0.25, 0.3) is 0 Å². The van der Waals surface area contributed by atoms with Crippen LogP contribution in [0.5, 0.6) is 0 Å². The maximum Gasteiger partial charge on any atom is 0.446 e. The summed E-state index contributed by atoms with van der Waals surface area (Å²) in [5, 5.41) is 0. The number of hydrogen-bond donors (Lipinski definition) is 0. The largest absolute Gasteiger partial charge is 0.446 e. The molecule has 3 amide bonds. The summed E-state index contributed by atoms with van der Waals surface area (Å²) in [4.78, 5) is 30.9. The molecular formula is C19H24F3N3O2S. The molecule has 0 spiro atoms. The zero-order valence-electron chi connectivity index (χ0n) is 16.1. The third kappa shape index (κ3) is 4.30. The van der Waals surface area contributed by atoms with Crippen molar-refractivity contribution in [3.63, 3.8) is 0 Å². The van der Waals surface area contributed by atoms with Gasteiger partial charge in [-0.3, -0.25) is 4.79 Å². The van der Waals surface area contributed by atoms with Crippen molar-refractivity contribution < 1.29 is 22.8 Å². The molecule has 28 heavy (non-hydrogen) atoms. The maximum absolute atomic E-state index is 13.0. The SMILES string of the molecule is CN1CCCC(CN2C(=O)N(c3ccc(SC(F)(F)F)cc3)C(=O)C2(C)C)C1. The number of anilines is 1. The Morgan fingerprint density at radius 1 is 1.18 bits per heavy atom. The van der Waals surface area contributed by atoms with E-state index in [-0.39, 0.29) is 28.3 Å². The molecule has 0 aliphatic carbocycles. The van der Waals surface area contributed by atoms with Crippen LogP contribution < -0.4 is 4.90 Å². The summed E-state index contributed by atoms with van der Waals surface area (Å²) in [5.74, 6) is -0.0711. The molecule has 9 heteroatoms. The lowest BCUT2D eigenvalue weighted by atomic mass is 9.95. The predicted molar refractivity (Wildman–Crippen MR) is 102 cm³/mol. The van der Waals surface area contributed by atoms with Gasteiger partial charge in [0.2, 0.25) is 0 Å². The van der Waals surface area contributed by atoms with Gasteiger partial charge < -0.3 is 9.80 Å². The average Bonchev–Trinajstić information content (AvgIpc) is 2.75. The molecule has 1 atom stereocenters. The summed E-state index contributed by atoms with van der Waals surface area (Å²) < 4.78 is 37.5. The number of rotatable bonds is 4. The van der Waals surface area contributed by atoms with E-state index in [1.807, 2.05) is 7.05 Å². The molecular weight excluding hydrogens is 391 g/mol. The zero-order valence-corrected chi connectivity index (χ0v) is 16.9. The number of hydrogen-bond acceptors (Lipinski definition) is 4. The minimum absolute atomic E-state index is 0.0108. The summed E-state index contributed by atoms with van der Waals surface area (Å²) in [5.41, 5.74) is -5.09. The third-order valence-corrected chi connectivity index (χ3v) is 6.05. The smallest absolute Gasteiger partial charge is 0.309 e. The van der Waals surface area contributed by atoms with Gasteiger partial charge in [-0.15, -0.1) is 0 Å². The molecule has 1 aromatic carbocycles. The van der Waals surface area contributed by atoms with Crippen LogP contribution in [-0.2, 0) is 4.79 Å². The van der Waals surface area contributed by atoms with Crippen molar-refractivity contribution in [3.05, 3.63) is 24.3 Å². The lowest BCUT2D eigenvalue weighted by Gasteiger charge is -2.35. The normalized spacial score (nSPS) is 23.6. The third-order valence-electron chi connectivity index (χ3n) is 5.31. The van der Waals surface area contributed by atoms with Crippen LogP contribution in [0.15, 0.2) is 29.2 Å². The van der Waals surface area contributed by atoms with Crippen molar-refractivity contribution in [1.29, 1.82) is 0 Å². The van der Waals surface area contributed by atoms with Crippen molar-refractivity contribution in [2.75, 3.05) is 31.6 Å². The number of alkyl halides is 3. The van der Waals surface area contributed by atoms with Crippen molar-refractivity contribution in [2.24, 2.45) is 5.92 Å². The standard InChI is InChI=1S/C19H24F3N3O2S/c1-18(2)16(26)25(14-6-8-15(9-7-14)28-19(20,21)22)17(27)24(18)12-13-5-4-10-23(3)11-13/h6-9,13H,4-5,10-12H2,1-3H3. The van der Waals surface area contributed by atoms with Crippen molar-refractivity contribution in [2.45, 2.75) is 42.6 Å². The van der Waals surface area contributed by atoms with E-state index < -0.39 is 17.1 Å². The summed E-state index contributed by atoms with van der Waals surface area (Å²) in [6.45, 7) is 5.82. The van der Waals surface area contributed by atoms with Crippen molar-refractivity contribution in [1.82, 2.24) is 9.80 Å². The maximum atomic E-state index is 13.0. The Morgan fingerprint density at radius 3 is 2.39 bits per heavy atom. The fourth-order valence-corrected chi connectivity index (χ4v) is 4.39. The first-order valence-electron chi connectivity index (χ1n) is 9.19. The lowest BCUT2D eigenvalue weighted by Crippen LogP contribution is -2.48. The van der Waals surface area contributed by atoms with Gasteiger partial charge in [-0.05, 0) is 82.2 Å². The minimum Gasteiger partial charge on any atom is -0.309 e. The number of urea groups is 1. The fourth-order valence-electron chi connectivity index (χ4n) is 3.85. The molecule has 5 nitrogen and oxygen atoms in total. The molecule has 0 saturated carbocycles. The van der Waals surface area contributed by atoms with Gasteiger partial charge in [-0.1, -0.05) is 0 Å². The van der Waals surface area contributed by atoms with Crippen LogP contribution in [0, 0.1) is 5.92 Å². The number of piperidine rings is 1. The summed E-state index contributed by atoms with van der Waals surface area (Å²) >= 11 is -0.226. The van der Waals surface area contributed by atoms with Crippen LogP contribution in [0.2, 0.25) is 0 Å². The van der Waals surface area contributed by atoms with E-state index in [0.717, 1.165) is 30.8 Å². The molecule has 0 bridgehead atoms. The Labute approximate surface area is 166 Å². The molecule has 2 heterocycles. The molecule has 1 unspecified atom stereocenters. The molecule has 2 saturated heterocycles. The molecule has 2 aliphatic heterocycles. The van der Waals surface area contributed by atoms with Crippen molar-refractivity contribution in [3.8, 4) is 0 Å². The molecule has 154 valence electrons. The number of carbonyl (C=O) groups is 2. The highest BCUT2D eigenvalue weighted by Gasteiger charge is 2.52. The Balaban J connectivity index is 1.79. The first kappa shape index (κ1) is 21.0. The number of likely N-dealkylation sites (tertiary alicyclic amines) is 1. The summed E-state index contributed by atoms with van der Waals surface area (Å²) in [6, 6.07) is 4.91. The molecule has 0 aromatic heterocycles. The summed E-state index contributed by atoms with van der Waals surface area (Å²) in [6.07, 6.45) is 2.06. The van der Waals surface area contributed by atoms with Crippen molar-refractivity contribution >= 4 is 29.4 Å². The first-order chi connectivity index (χ1) is 13.0. The minimum atomic E-state index is -4.38. The van der Waals surface area contributed by atoms with Gasteiger partial charge in [0, 0.05) is 18.0 Å². The quantitative estimate of drug-likeness (QED) is 0.547. The Morgan fingerprint density at radius 2 is 1.82 bits per heavy atom. The zero-order chi connectivity index (χ0) is 20.7. The van der Waals surface area contributed by atoms with E-state index in [0.29, 0.717) is 12.5 Å². The Bertz CT molecular complexity index is 752. The van der Waals surface area contributed by atoms with Crippen LogP contribution in [0.1, 0.15) is 26.7 Å². The number of nitrogens with zero attached hydrogens (tertiary/aromatic N) is 3. The van der Waals surface area contributed by atoms with E-state index in [1.165, 1.54) is 24.3 Å². The fraction of sp³-hybridized carbons (Fsp3) is 0.579. The Kier molecular flexibility index (Phi) is 5.69. The molecule has 0 N–H and O–H groups in total. The lowest BCUT2D eigenvalue weighted by molar-refractivity contribution is -0.123. The molecule has 2 aliphatic rings. The second kappa shape index (κ2) is 7.59. The van der Waals surface area contributed by atoms with E-state index in [9.17, 15) is 22.8 Å². The highest BCUT2D eigenvalue weighted by molar-refractivity contribution is 8.00. The highest BCUT2D eigenvalue weighted by Crippen LogP contribution is 2.39. The van der Waals surface area contributed by atoms with Gasteiger partial charge in [0.05, 0.1) is 5.69 Å². The van der Waals surface area contributed by atoms with Crippen LogP contribution >= 0.6 is 11.8 Å². The van der Waals surface area contributed by atoms with Crippen LogP contribution in [0.3, 0.4) is 0 Å². The van der Waals surface area contributed by atoms with Gasteiger partial charge >= 0.3 is 11.5 Å². The summed E-state index contributed by atoms with van der Waals surface area (Å²) in [7, 11) is 2.04. The van der Waals surface area contributed by atoms with E-state index in [4.69, 9.17) is 0 Å². The first-order valence-corrected chi connectivity index (χ1v) is 10.0. The number of imide groups is 1. The number of halogens is 3. The number of thioether (sulfide) groups is 1. The van der Waals surface area contributed by atoms with Crippen LogP contribution in [-0.4, -0.2) is 59.5 Å². The molecule has 2 fully saturated rings. The molecule has 1 aromatic rings. The van der Waals surface area contributed by atoms with E-state index in [1.54, 1.807) is 18.7 Å². The molecule has 3 rings (SSSR count). The Hall–Kier alpha value is -1.74. The number of amides is 3. The topological polar surface area (TPSA) is 43.9 Å². The van der Waals surface area contributed by atoms with E-state index in [2.05, 4.69) is 4.90 Å². The van der Waals surface area contributed by atoms with E-state index >= 15 is 0 Å². The number of carbonyl (C=O) groups excluding carboxylic acids is 2. The second-order valence-electron chi connectivity index (χ2n) is 7.90. The average molecular weight is 415 g/mol. The van der Waals surface area contributed by atoms with Gasteiger partial charge in [0.25, 0.3) is 5.91 Å². The number of benzene rings is 1. The predicted octanol–water partition coefficient (Wildman–Crippen LogP) is 4.19. The monoisotopic (exact) mass is 415 g/mol. The van der Waals surface area contributed by atoms with Gasteiger partial charge in [-0.2, -0.15) is 13.2 Å². The second-order valence-corrected chi connectivity index (χ2v) is 9.04. The van der Waals surface area contributed by atoms with Gasteiger partial charge in [-0.25, -0.2) is 9.69 Å². The van der Waals surface area contributed by atoms with Gasteiger partial charge in [0.1, 0.15) is 5.54 Å². The molecule has 0 radical (unpaired) electrons.